The smallest absolute Gasteiger partial charge is 0.262 e. The lowest BCUT2D eigenvalue weighted by atomic mass is 10.3. The van der Waals surface area contributed by atoms with Gasteiger partial charge in [-0.25, -0.2) is 13.4 Å². The van der Waals surface area contributed by atoms with Crippen LogP contribution in [0.3, 0.4) is 0 Å². The minimum Gasteiger partial charge on any atom is -0.353 e. The predicted molar refractivity (Wildman–Crippen MR) is 115 cm³/mol. The molecule has 2 saturated heterocycles. The maximum atomic E-state index is 12.9. The van der Waals surface area contributed by atoms with Gasteiger partial charge in [0, 0.05) is 64.6 Å². The maximum absolute atomic E-state index is 12.9. The summed E-state index contributed by atoms with van der Waals surface area (Å²) >= 11 is 0. The Labute approximate surface area is 178 Å². The van der Waals surface area contributed by atoms with Gasteiger partial charge in [-0.3, -0.25) is 0 Å². The van der Waals surface area contributed by atoms with Gasteiger partial charge in [0.2, 0.25) is 0 Å². The normalized spacial score (nSPS) is 19.6. The second-order valence-corrected chi connectivity index (χ2v) is 10.1. The molecule has 0 aromatic carbocycles. The third-order valence-electron chi connectivity index (χ3n) is 5.80. The van der Waals surface area contributed by atoms with E-state index in [0.717, 1.165) is 37.8 Å². The standard InChI is InChI=1S/C19H30N8O2S/c1-16(2)26-14-19(20-15-26)30(28,29)27-12-10-25(11-13-27)18-5-4-17(21-22-18)24-8-6-23(3)7-9-24/h4-5,14-16H,6-13H2,1-3H3. The molecule has 30 heavy (non-hydrogen) atoms. The van der Waals surface area contributed by atoms with Crippen LogP contribution in [0, 0.1) is 0 Å². The SMILES string of the molecule is CC(C)n1cnc(S(=O)(=O)N2CCN(c3ccc(N4CCN(C)CC4)nn3)CC2)c1. The Morgan fingerprint density at radius 1 is 0.867 bits per heavy atom. The molecule has 2 aliphatic rings. The minimum atomic E-state index is -3.58. The molecule has 10 nitrogen and oxygen atoms in total. The van der Waals surface area contributed by atoms with Gasteiger partial charge in [0.25, 0.3) is 10.0 Å². The molecule has 0 amide bonds. The van der Waals surface area contributed by atoms with E-state index in [4.69, 9.17) is 0 Å². The number of sulfonamides is 1. The molecule has 0 bridgehead atoms. The lowest BCUT2D eigenvalue weighted by molar-refractivity contribution is 0.312. The van der Waals surface area contributed by atoms with Crippen LogP contribution >= 0.6 is 0 Å². The molecule has 2 aromatic rings. The van der Waals surface area contributed by atoms with E-state index in [1.54, 1.807) is 17.1 Å². The highest BCUT2D eigenvalue weighted by Gasteiger charge is 2.31. The van der Waals surface area contributed by atoms with Gasteiger partial charge in [-0.2, -0.15) is 4.31 Å². The molecular weight excluding hydrogens is 404 g/mol. The third kappa shape index (κ3) is 4.28. The zero-order valence-electron chi connectivity index (χ0n) is 17.8. The van der Waals surface area contributed by atoms with Crippen molar-refractivity contribution in [2.45, 2.75) is 24.9 Å². The van der Waals surface area contributed by atoms with Crippen molar-refractivity contribution in [1.29, 1.82) is 0 Å². The van der Waals surface area contributed by atoms with Crippen LogP contribution in [0.5, 0.6) is 0 Å². The number of aromatic nitrogens is 4. The van der Waals surface area contributed by atoms with Gasteiger partial charge < -0.3 is 19.3 Å². The number of nitrogens with zero attached hydrogens (tertiary/aromatic N) is 8. The fraction of sp³-hybridized carbons (Fsp3) is 0.632. The van der Waals surface area contributed by atoms with Gasteiger partial charge in [-0.15, -0.1) is 10.2 Å². The zero-order chi connectivity index (χ0) is 21.3. The Hall–Kier alpha value is -2.24. The molecule has 0 unspecified atom stereocenters. The summed E-state index contributed by atoms with van der Waals surface area (Å²) in [6, 6.07) is 4.16. The van der Waals surface area contributed by atoms with Gasteiger partial charge >= 0.3 is 0 Å². The second kappa shape index (κ2) is 8.48. The first-order valence-electron chi connectivity index (χ1n) is 10.4. The number of anilines is 2. The molecule has 11 heteroatoms. The van der Waals surface area contributed by atoms with Crippen molar-refractivity contribution in [3.05, 3.63) is 24.7 Å². The summed E-state index contributed by atoms with van der Waals surface area (Å²) in [6.07, 6.45) is 3.18. The van der Waals surface area contributed by atoms with Gasteiger partial charge in [0.05, 0.1) is 6.33 Å². The average Bonchev–Trinajstić information content (AvgIpc) is 3.26. The van der Waals surface area contributed by atoms with Crippen LogP contribution in [0.2, 0.25) is 0 Å². The van der Waals surface area contributed by atoms with Crippen molar-refractivity contribution in [3.63, 3.8) is 0 Å². The number of imidazole rings is 1. The molecule has 4 heterocycles. The Morgan fingerprint density at radius 3 is 1.87 bits per heavy atom. The molecule has 0 aliphatic carbocycles. The fourth-order valence-corrected chi connectivity index (χ4v) is 5.06. The van der Waals surface area contributed by atoms with Crippen molar-refractivity contribution in [2.24, 2.45) is 0 Å². The minimum absolute atomic E-state index is 0.112. The molecule has 4 rings (SSSR count). The summed E-state index contributed by atoms with van der Waals surface area (Å²) in [6.45, 7) is 9.89. The van der Waals surface area contributed by atoms with Crippen molar-refractivity contribution >= 4 is 21.7 Å². The Bertz CT molecular complexity index is 943. The molecule has 0 radical (unpaired) electrons. The van der Waals surface area contributed by atoms with Crippen molar-refractivity contribution in [1.82, 2.24) is 29.0 Å². The third-order valence-corrected chi connectivity index (χ3v) is 7.59. The number of hydrogen-bond donors (Lipinski definition) is 0. The number of piperazine rings is 2. The topological polar surface area (TPSA) is 90.7 Å². The van der Waals surface area contributed by atoms with Crippen molar-refractivity contribution in [3.8, 4) is 0 Å². The van der Waals surface area contributed by atoms with E-state index in [-0.39, 0.29) is 11.1 Å². The molecule has 0 saturated carbocycles. The first-order chi connectivity index (χ1) is 14.3. The molecule has 0 atom stereocenters. The van der Waals surface area contributed by atoms with E-state index >= 15 is 0 Å². The largest absolute Gasteiger partial charge is 0.353 e. The van der Waals surface area contributed by atoms with Crippen LogP contribution in [0.25, 0.3) is 0 Å². The highest BCUT2D eigenvalue weighted by Crippen LogP contribution is 2.21. The molecule has 2 fully saturated rings. The number of likely N-dealkylation sites (N-methyl/N-ethyl adjacent to an activating group) is 1. The van der Waals surface area contributed by atoms with Crippen LogP contribution in [-0.4, -0.2) is 96.8 Å². The zero-order valence-corrected chi connectivity index (χ0v) is 18.7. The van der Waals surface area contributed by atoms with Crippen LogP contribution in [0.1, 0.15) is 19.9 Å². The monoisotopic (exact) mass is 434 g/mol. The van der Waals surface area contributed by atoms with E-state index < -0.39 is 10.0 Å². The Morgan fingerprint density at radius 2 is 1.40 bits per heavy atom. The van der Waals surface area contributed by atoms with E-state index in [1.165, 1.54) is 4.31 Å². The molecule has 0 N–H and O–H groups in total. The fourth-order valence-electron chi connectivity index (χ4n) is 3.71. The summed E-state index contributed by atoms with van der Waals surface area (Å²) in [7, 11) is -1.45. The average molecular weight is 435 g/mol. The highest BCUT2D eigenvalue weighted by molar-refractivity contribution is 7.89. The summed E-state index contributed by atoms with van der Waals surface area (Å²) in [5.41, 5.74) is 0. The summed E-state index contributed by atoms with van der Waals surface area (Å²) in [5.74, 6) is 1.68. The lowest BCUT2D eigenvalue weighted by Crippen LogP contribution is -2.49. The predicted octanol–water partition coefficient (Wildman–Crippen LogP) is 0.517. The number of rotatable bonds is 5. The van der Waals surface area contributed by atoms with Crippen LogP contribution in [0.4, 0.5) is 11.6 Å². The summed E-state index contributed by atoms with van der Waals surface area (Å²) in [4.78, 5) is 10.7. The van der Waals surface area contributed by atoms with Gasteiger partial charge in [-0.05, 0) is 33.0 Å². The molecule has 2 aliphatic heterocycles. The lowest BCUT2D eigenvalue weighted by Gasteiger charge is -2.35. The van der Waals surface area contributed by atoms with Crippen molar-refractivity contribution in [2.75, 3.05) is 69.2 Å². The maximum Gasteiger partial charge on any atom is 0.262 e. The van der Waals surface area contributed by atoms with Gasteiger partial charge in [0.15, 0.2) is 16.7 Å². The van der Waals surface area contributed by atoms with Crippen LogP contribution in [0.15, 0.2) is 29.7 Å². The van der Waals surface area contributed by atoms with Gasteiger partial charge in [-0.1, -0.05) is 0 Å². The number of hydrogen-bond acceptors (Lipinski definition) is 8. The quantitative estimate of drug-likeness (QED) is 0.673. The Kier molecular flexibility index (Phi) is 5.94. The van der Waals surface area contributed by atoms with E-state index in [2.05, 4.69) is 36.9 Å². The molecule has 164 valence electrons. The van der Waals surface area contributed by atoms with E-state index in [0.29, 0.717) is 26.2 Å². The molecule has 2 aromatic heterocycles. The molecular formula is C19H30N8O2S. The highest BCUT2D eigenvalue weighted by atomic mass is 32.2. The van der Waals surface area contributed by atoms with Crippen LogP contribution in [-0.2, 0) is 10.0 Å². The Balaban J connectivity index is 1.37. The van der Waals surface area contributed by atoms with Crippen molar-refractivity contribution < 1.29 is 8.42 Å². The van der Waals surface area contributed by atoms with Crippen LogP contribution < -0.4 is 9.80 Å². The second-order valence-electron chi connectivity index (χ2n) is 8.18. The first-order valence-corrected chi connectivity index (χ1v) is 11.8. The van der Waals surface area contributed by atoms with Gasteiger partial charge in [0.1, 0.15) is 0 Å². The van der Waals surface area contributed by atoms with E-state index in [9.17, 15) is 8.42 Å². The summed E-state index contributed by atoms with van der Waals surface area (Å²) in [5, 5.41) is 8.92. The molecule has 0 spiro atoms. The summed E-state index contributed by atoms with van der Waals surface area (Å²) < 4.78 is 29.1. The van der Waals surface area contributed by atoms with E-state index in [1.807, 2.05) is 26.0 Å². The first kappa shape index (κ1) is 21.0.